The number of unbranched alkanes of at least 4 members (excludes halogenated alkanes) is 1. The highest BCUT2D eigenvalue weighted by Gasteiger charge is 2.42. The van der Waals surface area contributed by atoms with Gasteiger partial charge in [0.05, 0.1) is 0 Å². The molecule has 98 valence electrons. The monoisotopic (exact) mass is 243 g/mol. The molecule has 6 heteroatoms. The van der Waals surface area contributed by atoms with Crippen molar-refractivity contribution in [2.24, 2.45) is 11.7 Å². The topological polar surface area (TPSA) is 104 Å². The van der Waals surface area contributed by atoms with Crippen LogP contribution in [0.5, 0.6) is 0 Å². The number of carboxylic acid groups (broad SMARTS) is 1. The van der Waals surface area contributed by atoms with E-state index in [-0.39, 0.29) is 12.2 Å². The Morgan fingerprint density at radius 1 is 1.29 bits per heavy atom. The molecule has 0 heterocycles. The van der Waals surface area contributed by atoms with E-state index in [0.29, 0.717) is 19.3 Å². The Morgan fingerprint density at radius 2 is 1.88 bits per heavy atom. The number of carboxylic acids is 1. The van der Waals surface area contributed by atoms with Gasteiger partial charge >= 0.3 is 13.1 Å². The molecule has 0 aromatic rings. The maximum absolute atomic E-state index is 11.3. The Labute approximate surface area is 102 Å². The maximum atomic E-state index is 11.3. The molecule has 0 bridgehead atoms. The van der Waals surface area contributed by atoms with Crippen molar-refractivity contribution in [1.82, 2.24) is 0 Å². The first-order chi connectivity index (χ1) is 7.97. The molecule has 1 aliphatic rings. The first-order valence-corrected chi connectivity index (χ1v) is 6.35. The number of nitrogens with two attached hydrogens (primary N) is 1. The van der Waals surface area contributed by atoms with Gasteiger partial charge in [0.15, 0.2) is 0 Å². The van der Waals surface area contributed by atoms with Gasteiger partial charge in [-0.25, -0.2) is 0 Å². The van der Waals surface area contributed by atoms with Crippen LogP contribution in [-0.2, 0) is 4.79 Å². The van der Waals surface area contributed by atoms with Gasteiger partial charge in [0.25, 0.3) is 0 Å². The van der Waals surface area contributed by atoms with Crippen molar-refractivity contribution in [1.29, 1.82) is 0 Å². The molecule has 0 aliphatic heterocycles. The number of hydrogen-bond donors (Lipinski definition) is 4. The standard InChI is InChI=1S/C11H22BNO4/c13-11(10(14)15,9-5-1-2-6-9)7-3-4-8-12(16)17/h9,16-17H,1-8,13H2,(H,14,15). The van der Waals surface area contributed by atoms with Gasteiger partial charge in [-0.3, -0.25) is 4.79 Å². The largest absolute Gasteiger partial charge is 0.480 e. The summed E-state index contributed by atoms with van der Waals surface area (Å²) in [5.41, 5.74) is 4.91. The van der Waals surface area contributed by atoms with Crippen LogP contribution >= 0.6 is 0 Å². The van der Waals surface area contributed by atoms with Crippen LogP contribution in [0.2, 0.25) is 6.32 Å². The van der Waals surface area contributed by atoms with Crippen LogP contribution in [0.1, 0.15) is 44.9 Å². The lowest BCUT2D eigenvalue weighted by Gasteiger charge is -2.31. The predicted molar refractivity (Wildman–Crippen MR) is 65.4 cm³/mol. The zero-order chi connectivity index (χ0) is 12.9. The lowest BCUT2D eigenvalue weighted by atomic mass is 9.77. The average molecular weight is 243 g/mol. The highest BCUT2D eigenvalue weighted by molar-refractivity contribution is 6.40. The molecule has 1 rings (SSSR count). The Morgan fingerprint density at radius 3 is 2.35 bits per heavy atom. The highest BCUT2D eigenvalue weighted by Crippen LogP contribution is 2.35. The van der Waals surface area contributed by atoms with Gasteiger partial charge in [-0.05, 0) is 31.5 Å². The molecule has 0 aromatic heterocycles. The van der Waals surface area contributed by atoms with E-state index in [0.717, 1.165) is 25.7 Å². The normalized spacial score (nSPS) is 20.2. The number of hydrogen-bond acceptors (Lipinski definition) is 4. The summed E-state index contributed by atoms with van der Waals surface area (Å²) in [4.78, 5) is 11.3. The summed E-state index contributed by atoms with van der Waals surface area (Å²) in [5.74, 6) is -0.854. The average Bonchev–Trinajstić information content (AvgIpc) is 2.77. The molecule has 0 amide bonds. The van der Waals surface area contributed by atoms with Crippen molar-refractivity contribution >= 4 is 13.1 Å². The second kappa shape index (κ2) is 6.38. The fraction of sp³-hybridized carbons (Fsp3) is 0.909. The minimum absolute atomic E-state index is 0.0686. The van der Waals surface area contributed by atoms with E-state index in [9.17, 15) is 9.90 Å². The van der Waals surface area contributed by atoms with Crippen LogP contribution in [0.4, 0.5) is 0 Å². The Kier molecular flexibility index (Phi) is 5.43. The van der Waals surface area contributed by atoms with E-state index >= 15 is 0 Å². The summed E-state index contributed by atoms with van der Waals surface area (Å²) < 4.78 is 0. The van der Waals surface area contributed by atoms with E-state index in [2.05, 4.69) is 0 Å². The van der Waals surface area contributed by atoms with Gasteiger partial charge in [-0.15, -0.1) is 0 Å². The van der Waals surface area contributed by atoms with Gasteiger partial charge in [0.1, 0.15) is 5.54 Å². The maximum Gasteiger partial charge on any atom is 0.451 e. The number of carbonyl (C=O) groups is 1. The summed E-state index contributed by atoms with van der Waals surface area (Å²) in [5, 5.41) is 26.7. The van der Waals surface area contributed by atoms with Crippen LogP contribution < -0.4 is 5.73 Å². The number of rotatable bonds is 7. The molecular weight excluding hydrogens is 221 g/mol. The molecule has 1 saturated carbocycles. The third-order valence-corrected chi connectivity index (χ3v) is 3.78. The molecule has 1 unspecified atom stereocenters. The molecule has 1 aliphatic carbocycles. The Hall–Kier alpha value is -0.585. The van der Waals surface area contributed by atoms with Crippen LogP contribution in [0, 0.1) is 5.92 Å². The lowest BCUT2D eigenvalue weighted by Crippen LogP contribution is -2.53. The second-order valence-electron chi connectivity index (χ2n) is 5.05. The first kappa shape index (κ1) is 14.5. The molecular formula is C11H22BNO4. The molecule has 1 atom stereocenters. The summed E-state index contributed by atoms with van der Waals surface area (Å²) in [6.45, 7) is 0. The van der Waals surface area contributed by atoms with E-state index in [4.69, 9.17) is 15.8 Å². The molecule has 5 N–H and O–H groups in total. The van der Waals surface area contributed by atoms with Gasteiger partial charge in [-0.2, -0.15) is 0 Å². The minimum atomic E-state index is -1.31. The first-order valence-electron chi connectivity index (χ1n) is 6.35. The van der Waals surface area contributed by atoms with E-state index in [1.807, 2.05) is 0 Å². The van der Waals surface area contributed by atoms with Crippen LogP contribution in [-0.4, -0.2) is 33.8 Å². The van der Waals surface area contributed by atoms with Crippen LogP contribution in [0.3, 0.4) is 0 Å². The quantitative estimate of drug-likeness (QED) is 0.387. The van der Waals surface area contributed by atoms with Crippen molar-refractivity contribution in [3.05, 3.63) is 0 Å². The van der Waals surface area contributed by atoms with E-state index in [1.54, 1.807) is 0 Å². The zero-order valence-corrected chi connectivity index (χ0v) is 10.1. The van der Waals surface area contributed by atoms with Crippen molar-refractivity contribution in [2.45, 2.75) is 56.8 Å². The van der Waals surface area contributed by atoms with Crippen molar-refractivity contribution < 1.29 is 19.9 Å². The summed E-state index contributed by atoms with van der Waals surface area (Å²) in [6, 6.07) is 0. The smallest absolute Gasteiger partial charge is 0.451 e. The molecule has 0 radical (unpaired) electrons. The Balaban J connectivity index is 2.44. The minimum Gasteiger partial charge on any atom is -0.480 e. The zero-order valence-electron chi connectivity index (χ0n) is 10.1. The summed E-state index contributed by atoms with van der Waals surface area (Å²) >= 11 is 0. The second-order valence-corrected chi connectivity index (χ2v) is 5.05. The third-order valence-electron chi connectivity index (χ3n) is 3.78. The summed E-state index contributed by atoms with van der Waals surface area (Å²) in [7, 11) is -1.31. The van der Waals surface area contributed by atoms with Crippen molar-refractivity contribution in [3.63, 3.8) is 0 Å². The fourth-order valence-corrected chi connectivity index (χ4v) is 2.67. The van der Waals surface area contributed by atoms with Crippen molar-refractivity contribution in [2.75, 3.05) is 0 Å². The van der Waals surface area contributed by atoms with Crippen molar-refractivity contribution in [3.8, 4) is 0 Å². The third kappa shape index (κ3) is 3.98. The number of aliphatic carboxylic acids is 1. The van der Waals surface area contributed by atoms with Gasteiger partial charge in [0, 0.05) is 0 Å². The highest BCUT2D eigenvalue weighted by atomic mass is 16.4. The molecule has 0 spiro atoms. The predicted octanol–water partition coefficient (Wildman–Crippen LogP) is 0.602. The molecule has 0 aromatic carbocycles. The molecule has 17 heavy (non-hydrogen) atoms. The SMILES string of the molecule is NC(CCCCB(O)O)(C(=O)O)C1CCCC1. The lowest BCUT2D eigenvalue weighted by molar-refractivity contribution is -0.146. The van der Waals surface area contributed by atoms with Crippen LogP contribution in [0.15, 0.2) is 0 Å². The van der Waals surface area contributed by atoms with Crippen LogP contribution in [0.25, 0.3) is 0 Å². The van der Waals surface area contributed by atoms with E-state index in [1.165, 1.54) is 0 Å². The van der Waals surface area contributed by atoms with Gasteiger partial charge in [-0.1, -0.05) is 25.7 Å². The summed E-state index contributed by atoms with van der Waals surface area (Å²) in [6.07, 6.45) is 5.82. The van der Waals surface area contributed by atoms with E-state index < -0.39 is 18.6 Å². The molecule has 5 nitrogen and oxygen atoms in total. The van der Waals surface area contributed by atoms with Gasteiger partial charge in [0.2, 0.25) is 0 Å². The Bertz CT molecular complexity index is 256. The molecule has 1 fully saturated rings. The fourth-order valence-electron chi connectivity index (χ4n) is 2.67. The van der Waals surface area contributed by atoms with Gasteiger partial charge < -0.3 is 20.9 Å². The molecule has 0 saturated heterocycles.